The molecule has 1 unspecified atom stereocenters. The molecule has 1 aromatic carbocycles. The lowest BCUT2D eigenvalue weighted by Gasteiger charge is -2.31. The van der Waals surface area contributed by atoms with Crippen molar-refractivity contribution >= 4 is 40.9 Å². The van der Waals surface area contributed by atoms with Crippen molar-refractivity contribution in [2.45, 2.75) is 50.6 Å². The summed E-state index contributed by atoms with van der Waals surface area (Å²) in [5.41, 5.74) is 2.86. The zero-order valence-corrected chi connectivity index (χ0v) is 19.8. The highest BCUT2D eigenvalue weighted by atomic mass is 35.5. The highest BCUT2D eigenvalue weighted by Gasteiger charge is 2.23. The second-order valence-electron chi connectivity index (χ2n) is 8.95. The van der Waals surface area contributed by atoms with Crippen molar-refractivity contribution in [3.05, 3.63) is 41.7 Å². The molecule has 2 aliphatic rings. The van der Waals surface area contributed by atoms with E-state index in [1.54, 1.807) is 6.20 Å². The third-order valence-electron chi connectivity index (χ3n) is 6.74. The van der Waals surface area contributed by atoms with Crippen molar-refractivity contribution in [1.82, 2.24) is 25.6 Å². The van der Waals surface area contributed by atoms with E-state index in [0.29, 0.717) is 23.1 Å². The van der Waals surface area contributed by atoms with Crippen LogP contribution in [0.2, 0.25) is 5.02 Å². The van der Waals surface area contributed by atoms with Crippen LogP contribution in [0, 0.1) is 5.92 Å². The molecule has 2 fully saturated rings. The maximum atomic E-state index is 6.47. The van der Waals surface area contributed by atoms with Gasteiger partial charge >= 0.3 is 0 Å². The molecule has 3 heterocycles. The van der Waals surface area contributed by atoms with Gasteiger partial charge in [-0.1, -0.05) is 29.8 Å². The summed E-state index contributed by atoms with van der Waals surface area (Å²) < 4.78 is 0. The molecular weight excluding hydrogens is 443 g/mol. The van der Waals surface area contributed by atoms with Gasteiger partial charge in [-0.15, -0.1) is 12.4 Å². The van der Waals surface area contributed by atoms with Crippen molar-refractivity contribution < 1.29 is 0 Å². The second-order valence-corrected chi connectivity index (χ2v) is 9.36. The van der Waals surface area contributed by atoms with Gasteiger partial charge in [0.15, 0.2) is 0 Å². The molecule has 8 heteroatoms. The molecule has 32 heavy (non-hydrogen) atoms. The lowest BCUT2D eigenvalue weighted by molar-refractivity contribution is 0.303. The Morgan fingerprint density at radius 3 is 2.69 bits per heavy atom. The molecule has 2 aromatic heterocycles. The van der Waals surface area contributed by atoms with E-state index < -0.39 is 0 Å². The van der Waals surface area contributed by atoms with Gasteiger partial charge in [-0.2, -0.15) is 0 Å². The third-order valence-corrected chi connectivity index (χ3v) is 7.02. The van der Waals surface area contributed by atoms with Crippen molar-refractivity contribution in [1.29, 1.82) is 0 Å². The minimum Gasteiger partial charge on any atom is -0.360 e. The van der Waals surface area contributed by atoms with Gasteiger partial charge in [0, 0.05) is 34.7 Å². The van der Waals surface area contributed by atoms with Crippen molar-refractivity contribution in [2.24, 2.45) is 5.92 Å². The summed E-state index contributed by atoms with van der Waals surface area (Å²) in [5.74, 6) is 1.45. The smallest absolute Gasteiger partial charge is 0.223 e. The monoisotopic (exact) mass is 474 g/mol. The molecule has 172 valence electrons. The van der Waals surface area contributed by atoms with Gasteiger partial charge in [0.2, 0.25) is 5.95 Å². The number of aromatic amines is 1. The van der Waals surface area contributed by atoms with Gasteiger partial charge in [-0.3, -0.25) is 0 Å². The summed E-state index contributed by atoms with van der Waals surface area (Å²) in [5, 5.41) is 12.6. The fourth-order valence-electron chi connectivity index (χ4n) is 4.95. The molecule has 4 N–H and O–H groups in total. The number of fused-ring (bicyclic) bond motifs is 1. The van der Waals surface area contributed by atoms with Crippen LogP contribution in [-0.4, -0.2) is 46.7 Å². The molecule has 0 spiro atoms. The first-order chi connectivity index (χ1) is 15.3. The Balaban J connectivity index is 0.00000245. The Labute approximate surface area is 200 Å². The van der Waals surface area contributed by atoms with Crippen molar-refractivity contribution in [3.8, 4) is 11.3 Å². The summed E-state index contributed by atoms with van der Waals surface area (Å²) in [7, 11) is 0. The Morgan fingerprint density at radius 1 is 1.06 bits per heavy atom. The van der Waals surface area contributed by atoms with Crippen LogP contribution < -0.4 is 16.0 Å². The van der Waals surface area contributed by atoms with Crippen LogP contribution in [0.25, 0.3) is 22.2 Å². The van der Waals surface area contributed by atoms with E-state index in [0.717, 1.165) is 54.0 Å². The van der Waals surface area contributed by atoms with E-state index in [4.69, 9.17) is 16.6 Å². The molecule has 1 aliphatic carbocycles. The molecule has 1 aliphatic heterocycles. The molecule has 0 bridgehead atoms. The average Bonchev–Trinajstić information content (AvgIpc) is 3.25. The molecule has 3 aromatic rings. The van der Waals surface area contributed by atoms with Crippen LogP contribution in [0.4, 0.5) is 5.95 Å². The van der Waals surface area contributed by atoms with Crippen LogP contribution in [0.3, 0.4) is 0 Å². The number of rotatable bonds is 6. The van der Waals surface area contributed by atoms with Crippen LogP contribution in [0.15, 0.2) is 36.7 Å². The SMILES string of the molecule is Cl.Clc1cnc(NC2CCC(NCC3CCCNC3)CC2)nc1-c1c[nH]c2ccccc12. The van der Waals surface area contributed by atoms with Gasteiger partial charge in [0.05, 0.1) is 16.9 Å². The molecule has 1 saturated heterocycles. The largest absolute Gasteiger partial charge is 0.360 e. The van der Waals surface area contributed by atoms with Crippen molar-refractivity contribution in [2.75, 3.05) is 25.0 Å². The highest BCUT2D eigenvalue weighted by Crippen LogP contribution is 2.32. The van der Waals surface area contributed by atoms with Crippen LogP contribution in [0.1, 0.15) is 38.5 Å². The Hall–Kier alpha value is -1.86. The van der Waals surface area contributed by atoms with E-state index in [-0.39, 0.29) is 12.4 Å². The predicted octanol–water partition coefficient (Wildman–Crippen LogP) is 5.01. The zero-order chi connectivity index (χ0) is 21.0. The fourth-order valence-corrected chi connectivity index (χ4v) is 5.14. The molecule has 5 rings (SSSR count). The third kappa shape index (κ3) is 5.37. The first-order valence-corrected chi connectivity index (χ1v) is 11.9. The number of aromatic nitrogens is 3. The van der Waals surface area contributed by atoms with E-state index >= 15 is 0 Å². The lowest BCUT2D eigenvalue weighted by Crippen LogP contribution is -2.42. The number of nitrogens with zero attached hydrogens (tertiary/aromatic N) is 2. The topological polar surface area (TPSA) is 77.7 Å². The summed E-state index contributed by atoms with van der Waals surface area (Å²) in [6.07, 6.45) is 11.0. The van der Waals surface area contributed by atoms with Gasteiger partial charge in [-0.25, -0.2) is 9.97 Å². The number of H-pyrrole nitrogens is 1. The first-order valence-electron chi connectivity index (χ1n) is 11.6. The van der Waals surface area contributed by atoms with E-state index in [1.807, 2.05) is 18.3 Å². The molecule has 1 saturated carbocycles. The van der Waals surface area contributed by atoms with Gasteiger partial charge < -0.3 is 20.9 Å². The Morgan fingerprint density at radius 2 is 1.88 bits per heavy atom. The number of para-hydroxylation sites is 1. The maximum Gasteiger partial charge on any atom is 0.223 e. The first kappa shape index (κ1) is 23.3. The van der Waals surface area contributed by atoms with E-state index in [2.05, 4.69) is 38.1 Å². The zero-order valence-electron chi connectivity index (χ0n) is 18.2. The minimum absolute atomic E-state index is 0. The Bertz CT molecular complexity index is 1010. The standard InChI is InChI=1S/C24H31ClN6.ClH/c25-21-15-29-24(31-23(21)20-14-28-22-6-2-1-5-19(20)22)30-18-9-7-17(8-10-18)27-13-16-4-3-11-26-12-16;/h1-2,5-6,14-18,26-28H,3-4,7-13H2,(H,29,30,31);1H. The summed E-state index contributed by atoms with van der Waals surface area (Å²) >= 11 is 6.47. The number of halogens is 2. The van der Waals surface area contributed by atoms with E-state index in [1.165, 1.54) is 32.2 Å². The highest BCUT2D eigenvalue weighted by molar-refractivity contribution is 6.33. The van der Waals surface area contributed by atoms with Crippen LogP contribution >= 0.6 is 24.0 Å². The quantitative estimate of drug-likeness (QED) is 0.403. The summed E-state index contributed by atoms with van der Waals surface area (Å²) in [6, 6.07) is 9.24. The maximum absolute atomic E-state index is 6.47. The number of hydrogen-bond acceptors (Lipinski definition) is 5. The van der Waals surface area contributed by atoms with Gasteiger partial charge in [0.1, 0.15) is 0 Å². The molecule has 1 atom stereocenters. The van der Waals surface area contributed by atoms with Crippen LogP contribution in [0.5, 0.6) is 0 Å². The fraction of sp³-hybridized carbons (Fsp3) is 0.500. The molecule has 0 amide bonds. The lowest BCUT2D eigenvalue weighted by atomic mass is 9.90. The molecule has 0 radical (unpaired) electrons. The number of anilines is 1. The Kier molecular flexibility index (Phi) is 7.89. The van der Waals surface area contributed by atoms with E-state index in [9.17, 15) is 0 Å². The normalized spacial score (nSPS) is 23.6. The van der Waals surface area contributed by atoms with Crippen molar-refractivity contribution in [3.63, 3.8) is 0 Å². The number of hydrogen-bond donors (Lipinski definition) is 4. The molecule has 6 nitrogen and oxygen atoms in total. The molecular formula is C24H32Cl2N6. The van der Waals surface area contributed by atoms with Gasteiger partial charge in [0.25, 0.3) is 0 Å². The summed E-state index contributed by atoms with van der Waals surface area (Å²) in [6.45, 7) is 3.49. The number of nitrogens with one attached hydrogen (secondary N) is 4. The second kappa shape index (κ2) is 10.8. The van der Waals surface area contributed by atoms with Crippen LogP contribution in [-0.2, 0) is 0 Å². The number of piperidine rings is 1. The summed E-state index contributed by atoms with van der Waals surface area (Å²) in [4.78, 5) is 12.5. The minimum atomic E-state index is 0. The average molecular weight is 475 g/mol. The van der Waals surface area contributed by atoms with Gasteiger partial charge in [-0.05, 0) is 70.1 Å². The number of benzene rings is 1. The predicted molar refractivity (Wildman–Crippen MR) is 135 cm³/mol.